The van der Waals surface area contributed by atoms with E-state index in [9.17, 15) is 35.7 Å². The Morgan fingerprint density at radius 2 is 1.45 bits per heavy atom. The Labute approximate surface area is 113 Å². The van der Waals surface area contributed by atoms with Gasteiger partial charge in [0.1, 0.15) is 30.5 Å². The minimum Gasteiger partial charge on any atom is -0.388 e. The van der Waals surface area contributed by atoms with Gasteiger partial charge in [0.05, 0.1) is 13.2 Å². The molecule has 2 saturated heterocycles. The van der Waals surface area contributed by atoms with Crippen LogP contribution < -0.4 is 0 Å². The molecule has 0 aliphatic carbocycles. The number of hydrogen-bond donors (Lipinski definition) is 7. The molecule has 0 amide bonds. The molecule has 0 aromatic carbocycles. The minimum absolute atomic E-state index is 0.375. The molecule has 0 bridgehead atoms. The third-order valence-corrected chi connectivity index (χ3v) is 3.29. The molecule has 0 saturated carbocycles. The molecule has 0 aromatic heterocycles. The normalized spacial score (nSPS) is 53.9. The average molecular weight is 298 g/mol. The summed E-state index contributed by atoms with van der Waals surface area (Å²) in [6.07, 6.45) is -11.4. The standard InChI is InChI=1S/C10H18O10/c11-3-1-18-9(7(15)5(3)13)20-10(17)8(16)6(14)4(12)2-19-10/h3-9,11-17H,1-2H2/t3-,4-,5-,6-,7+,8+,9-,10+/m1/s1. The Kier molecular flexibility index (Phi) is 4.61. The molecular formula is C10H18O10. The quantitative estimate of drug-likeness (QED) is 0.245. The van der Waals surface area contributed by atoms with Gasteiger partial charge in [0, 0.05) is 0 Å². The number of ether oxygens (including phenoxy) is 3. The lowest BCUT2D eigenvalue weighted by atomic mass is 10.0. The van der Waals surface area contributed by atoms with Crippen molar-refractivity contribution in [3.8, 4) is 0 Å². The highest BCUT2D eigenvalue weighted by molar-refractivity contribution is 4.89. The van der Waals surface area contributed by atoms with Crippen molar-refractivity contribution in [1.29, 1.82) is 0 Å². The van der Waals surface area contributed by atoms with Gasteiger partial charge in [0.2, 0.25) is 0 Å². The number of rotatable bonds is 2. The SMILES string of the molecule is O[C@@H]1[C@@H](O[C@@]2(O)OC[C@@H](O)[C@@H](O)[C@@H]2O)OC[C@@H](O)[C@H]1O. The molecule has 0 unspecified atom stereocenters. The van der Waals surface area contributed by atoms with Gasteiger partial charge in [-0.25, -0.2) is 0 Å². The van der Waals surface area contributed by atoms with Crippen LogP contribution in [-0.2, 0) is 14.2 Å². The first-order valence-electron chi connectivity index (χ1n) is 6.00. The van der Waals surface area contributed by atoms with Gasteiger partial charge in [-0.15, -0.1) is 0 Å². The summed E-state index contributed by atoms with van der Waals surface area (Å²) in [5.74, 6) is -2.73. The average Bonchev–Trinajstić information content (AvgIpc) is 2.42. The van der Waals surface area contributed by atoms with Crippen LogP contribution >= 0.6 is 0 Å². The fourth-order valence-corrected chi connectivity index (χ4v) is 1.97. The van der Waals surface area contributed by atoms with Crippen LogP contribution in [-0.4, -0.2) is 97.8 Å². The summed E-state index contributed by atoms with van der Waals surface area (Å²) in [4.78, 5) is 0. The summed E-state index contributed by atoms with van der Waals surface area (Å²) in [6.45, 7) is -0.900. The van der Waals surface area contributed by atoms with Crippen molar-refractivity contribution in [3.63, 3.8) is 0 Å². The summed E-state index contributed by atoms with van der Waals surface area (Å²) in [6, 6.07) is 0. The van der Waals surface area contributed by atoms with Gasteiger partial charge in [-0.1, -0.05) is 0 Å². The Morgan fingerprint density at radius 1 is 0.850 bits per heavy atom. The van der Waals surface area contributed by atoms with E-state index < -0.39 is 55.5 Å². The molecule has 2 aliphatic heterocycles. The summed E-state index contributed by atoms with van der Waals surface area (Å²) in [5, 5.41) is 66.7. The van der Waals surface area contributed by atoms with Gasteiger partial charge in [0.15, 0.2) is 12.4 Å². The van der Waals surface area contributed by atoms with E-state index in [0.29, 0.717) is 0 Å². The van der Waals surface area contributed by atoms with Gasteiger partial charge in [-0.05, 0) is 0 Å². The highest BCUT2D eigenvalue weighted by Gasteiger charge is 2.53. The van der Waals surface area contributed by atoms with E-state index >= 15 is 0 Å². The number of hydrogen-bond acceptors (Lipinski definition) is 10. The molecule has 7 N–H and O–H groups in total. The largest absolute Gasteiger partial charge is 0.388 e. The first-order chi connectivity index (χ1) is 9.26. The van der Waals surface area contributed by atoms with E-state index in [4.69, 9.17) is 14.2 Å². The topological polar surface area (TPSA) is 169 Å². The van der Waals surface area contributed by atoms with Crippen LogP contribution in [0.1, 0.15) is 0 Å². The molecule has 2 rings (SSSR count). The number of aliphatic hydroxyl groups is 7. The van der Waals surface area contributed by atoms with Gasteiger partial charge < -0.3 is 45.2 Å². The second-order valence-electron chi connectivity index (χ2n) is 4.81. The third-order valence-electron chi connectivity index (χ3n) is 3.29. The Balaban J connectivity index is 2.05. The van der Waals surface area contributed by atoms with Gasteiger partial charge in [-0.3, -0.25) is 4.74 Å². The predicted octanol–water partition coefficient (Wildman–Crippen LogP) is -4.80. The molecule has 2 heterocycles. The highest BCUT2D eigenvalue weighted by atomic mass is 16.9. The van der Waals surface area contributed by atoms with E-state index in [1.165, 1.54) is 0 Å². The monoisotopic (exact) mass is 298 g/mol. The van der Waals surface area contributed by atoms with E-state index in [1.54, 1.807) is 0 Å². The zero-order chi connectivity index (χ0) is 15.1. The van der Waals surface area contributed by atoms with Gasteiger partial charge in [0.25, 0.3) is 0 Å². The van der Waals surface area contributed by atoms with E-state index in [1.807, 2.05) is 0 Å². The van der Waals surface area contributed by atoms with E-state index in [2.05, 4.69) is 0 Å². The second-order valence-corrected chi connectivity index (χ2v) is 4.81. The molecule has 0 aromatic rings. The number of aliphatic hydroxyl groups excluding tert-OH is 6. The lowest BCUT2D eigenvalue weighted by molar-refractivity contribution is -0.471. The summed E-state index contributed by atoms with van der Waals surface area (Å²) in [7, 11) is 0. The van der Waals surface area contributed by atoms with E-state index in [-0.39, 0.29) is 6.61 Å². The molecule has 2 fully saturated rings. The Morgan fingerprint density at radius 3 is 2.10 bits per heavy atom. The van der Waals surface area contributed by atoms with E-state index in [0.717, 1.165) is 0 Å². The van der Waals surface area contributed by atoms with Crippen LogP contribution in [0, 0.1) is 0 Å². The highest BCUT2D eigenvalue weighted by Crippen LogP contribution is 2.29. The summed E-state index contributed by atoms with van der Waals surface area (Å²) < 4.78 is 14.4. The van der Waals surface area contributed by atoms with Crippen LogP contribution in [0.5, 0.6) is 0 Å². The van der Waals surface area contributed by atoms with Crippen molar-refractivity contribution >= 4 is 0 Å². The van der Waals surface area contributed by atoms with Gasteiger partial charge >= 0.3 is 5.97 Å². The molecule has 10 nitrogen and oxygen atoms in total. The summed E-state index contributed by atoms with van der Waals surface area (Å²) >= 11 is 0. The smallest absolute Gasteiger partial charge is 0.313 e. The molecular weight excluding hydrogens is 280 g/mol. The molecule has 10 heteroatoms. The maximum absolute atomic E-state index is 9.95. The fraction of sp³-hybridized carbons (Fsp3) is 1.00. The van der Waals surface area contributed by atoms with Crippen molar-refractivity contribution in [1.82, 2.24) is 0 Å². The van der Waals surface area contributed by atoms with Crippen molar-refractivity contribution < 1.29 is 50.0 Å². The molecule has 0 radical (unpaired) electrons. The molecule has 0 spiro atoms. The first kappa shape index (κ1) is 16.0. The van der Waals surface area contributed by atoms with Crippen LogP contribution in [0.4, 0.5) is 0 Å². The second kappa shape index (κ2) is 5.77. The molecule has 8 atom stereocenters. The first-order valence-corrected chi connectivity index (χ1v) is 6.00. The Hall–Kier alpha value is -0.400. The van der Waals surface area contributed by atoms with Crippen LogP contribution in [0.3, 0.4) is 0 Å². The van der Waals surface area contributed by atoms with Crippen LogP contribution in [0.2, 0.25) is 0 Å². The van der Waals surface area contributed by atoms with Gasteiger partial charge in [-0.2, -0.15) is 0 Å². The lowest BCUT2D eigenvalue weighted by Crippen LogP contribution is -2.65. The van der Waals surface area contributed by atoms with Crippen molar-refractivity contribution in [3.05, 3.63) is 0 Å². The molecule has 118 valence electrons. The maximum atomic E-state index is 9.95. The maximum Gasteiger partial charge on any atom is 0.313 e. The predicted molar refractivity (Wildman–Crippen MR) is 57.8 cm³/mol. The van der Waals surface area contributed by atoms with Crippen molar-refractivity contribution in [2.75, 3.05) is 13.2 Å². The zero-order valence-corrected chi connectivity index (χ0v) is 10.3. The third kappa shape index (κ3) is 2.80. The molecule has 2 aliphatic rings. The van der Waals surface area contributed by atoms with Crippen molar-refractivity contribution in [2.24, 2.45) is 0 Å². The van der Waals surface area contributed by atoms with Crippen LogP contribution in [0.15, 0.2) is 0 Å². The molecule has 20 heavy (non-hydrogen) atoms. The fourth-order valence-electron chi connectivity index (χ4n) is 1.97. The lowest BCUT2D eigenvalue weighted by Gasteiger charge is -2.44. The van der Waals surface area contributed by atoms with Crippen LogP contribution in [0.25, 0.3) is 0 Å². The minimum atomic E-state index is -2.73. The zero-order valence-electron chi connectivity index (χ0n) is 10.3. The summed E-state index contributed by atoms with van der Waals surface area (Å²) in [5.41, 5.74) is 0. The Bertz CT molecular complexity index is 340. The van der Waals surface area contributed by atoms with Crippen molar-refractivity contribution in [2.45, 2.75) is 48.9 Å².